The van der Waals surface area contributed by atoms with E-state index in [1.807, 2.05) is 0 Å². The van der Waals surface area contributed by atoms with E-state index in [0.717, 1.165) is 12.8 Å². The van der Waals surface area contributed by atoms with E-state index in [1.54, 1.807) is 0 Å². The molecule has 2 aliphatic heterocycles. The third-order valence-electron chi connectivity index (χ3n) is 4.90. The average molecular weight is 223 g/mol. The number of hydrogen-bond donors (Lipinski definition) is 1. The van der Waals surface area contributed by atoms with Crippen molar-refractivity contribution in [2.75, 3.05) is 0 Å². The van der Waals surface area contributed by atoms with Gasteiger partial charge < -0.3 is 5.11 Å². The summed E-state index contributed by atoms with van der Waals surface area (Å²) in [6.45, 7) is 0. The van der Waals surface area contributed by atoms with Crippen LogP contribution in [0.1, 0.15) is 51.4 Å². The molecule has 3 aliphatic rings. The molecule has 3 unspecified atom stereocenters. The van der Waals surface area contributed by atoms with E-state index in [0.29, 0.717) is 18.1 Å². The summed E-state index contributed by atoms with van der Waals surface area (Å²) in [7, 11) is 0. The minimum atomic E-state index is -0.562. The summed E-state index contributed by atoms with van der Waals surface area (Å²) >= 11 is 0. The smallest absolute Gasteiger partial charge is 0.308 e. The van der Waals surface area contributed by atoms with Crippen molar-refractivity contribution >= 4 is 5.97 Å². The second-order valence-corrected chi connectivity index (χ2v) is 5.72. The van der Waals surface area contributed by atoms with Crippen LogP contribution in [-0.4, -0.2) is 34.1 Å². The van der Waals surface area contributed by atoms with Crippen LogP contribution >= 0.6 is 0 Å². The summed E-state index contributed by atoms with van der Waals surface area (Å²) in [5, 5.41) is 9.22. The lowest BCUT2D eigenvalue weighted by Crippen LogP contribution is -2.42. The minimum absolute atomic E-state index is 0.0688. The van der Waals surface area contributed by atoms with E-state index in [1.165, 1.54) is 38.5 Å². The number of carboxylic acid groups (broad SMARTS) is 1. The molecule has 2 saturated heterocycles. The Kier molecular flexibility index (Phi) is 2.66. The first-order valence-corrected chi connectivity index (χ1v) is 6.77. The topological polar surface area (TPSA) is 40.5 Å². The molecule has 3 atom stereocenters. The van der Waals surface area contributed by atoms with Gasteiger partial charge in [0.1, 0.15) is 0 Å². The van der Waals surface area contributed by atoms with Crippen molar-refractivity contribution in [2.24, 2.45) is 5.92 Å². The quantitative estimate of drug-likeness (QED) is 0.780. The second kappa shape index (κ2) is 4.02. The van der Waals surface area contributed by atoms with Crippen LogP contribution in [0.3, 0.4) is 0 Å². The summed E-state index contributed by atoms with van der Waals surface area (Å²) < 4.78 is 0. The number of rotatable bonds is 2. The maximum absolute atomic E-state index is 11.2. The highest BCUT2D eigenvalue weighted by molar-refractivity contribution is 5.71. The van der Waals surface area contributed by atoms with Crippen LogP contribution in [0.4, 0.5) is 0 Å². The average Bonchev–Trinajstić information content (AvgIpc) is 2.87. The Bertz CT molecular complexity index is 286. The maximum atomic E-state index is 11.2. The fraction of sp³-hybridized carbons (Fsp3) is 0.923. The molecule has 3 rings (SSSR count). The molecule has 1 aliphatic carbocycles. The largest absolute Gasteiger partial charge is 0.481 e. The Morgan fingerprint density at radius 3 is 2.38 bits per heavy atom. The molecule has 0 amide bonds. The van der Waals surface area contributed by atoms with Crippen LogP contribution in [0.15, 0.2) is 0 Å². The Balaban J connectivity index is 1.74. The van der Waals surface area contributed by atoms with Crippen molar-refractivity contribution < 1.29 is 9.90 Å². The Hall–Kier alpha value is -0.570. The molecule has 16 heavy (non-hydrogen) atoms. The van der Waals surface area contributed by atoms with Gasteiger partial charge in [0.05, 0.1) is 5.92 Å². The van der Waals surface area contributed by atoms with E-state index in [-0.39, 0.29) is 5.92 Å². The molecule has 0 spiro atoms. The van der Waals surface area contributed by atoms with Gasteiger partial charge in [-0.3, -0.25) is 9.69 Å². The highest BCUT2D eigenvalue weighted by atomic mass is 16.4. The van der Waals surface area contributed by atoms with Crippen LogP contribution in [0.25, 0.3) is 0 Å². The van der Waals surface area contributed by atoms with Gasteiger partial charge in [0.2, 0.25) is 0 Å². The van der Waals surface area contributed by atoms with Crippen LogP contribution in [0.5, 0.6) is 0 Å². The van der Waals surface area contributed by atoms with Gasteiger partial charge in [-0.05, 0) is 32.1 Å². The number of carboxylic acids is 1. The molecule has 0 radical (unpaired) electrons. The summed E-state index contributed by atoms with van der Waals surface area (Å²) in [5.41, 5.74) is 0. The molecule has 3 heteroatoms. The van der Waals surface area contributed by atoms with Crippen molar-refractivity contribution in [1.82, 2.24) is 4.90 Å². The normalized spacial score (nSPS) is 40.4. The van der Waals surface area contributed by atoms with E-state index < -0.39 is 5.97 Å². The SMILES string of the molecule is O=C(O)C1CC2CCC1N2C1CCCCC1. The van der Waals surface area contributed by atoms with Gasteiger partial charge in [0.15, 0.2) is 0 Å². The first-order chi connectivity index (χ1) is 7.77. The number of carbonyl (C=O) groups is 1. The summed E-state index contributed by atoms with van der Waals surface area (Å²) in [5.74, 6) is -0.631. The molecule has 1 N–H and O–H groups in total. The van der Waals surface area contributed by atoms with Gasteiger partial charge in [-0.15, -0.1) is 0 Å². The van der Waals surface area contributed by atoms with Crippen molar-refractivity contribution in [1.29, 1.82) is 0 Å². The van der Waals surface area contributed by atoms with Gasteiger partial charge in [-0.25, -0.2) is 0 Å². The Morgan fingerprint density at radius 2 is 1.75 bits per heavy atom. The monoisotopic (exact) mass is 223 g/mol. The van der Waals surface area contributed by atoms with E-state index in [9.17, 15) is 9.90 Å². The first-order valence-electron chi connectivity index (χ1n) is 6.77. The van der Waals surface area contributed by atoms with Gasteiger partial charge in [-0.1, -0.05) is 19.3 Å². The van der Waals surface area contributed by atoms with Crippen molar-refractivity contribution in [3.8, 4) is 0 Å². The molecular weight excluding hydrogens is 202 g/mol. The molecule has 2 bridgehead atoms. The van der Waals surface area contributed by atoms with Gasteiger partial charge >= 0.3 is 5.97 Å². The summed E-state index contributed by atoms with van der Waals surface area (Å²) in [6, 6.07) is 1.66. The minimum Gasteiger partial charge on any atom is -0.481 e. The fourth-order valence-corrected chi connectivity index (χ4v) is 4.24. The predicted molar refractivity (Wildman–Crippen MR) is 61.3 cm³/mol. The second-order valence-electron chi connectivity index (χ2n) is 5.72. The van der Waals surface area contributed by atoms with Crippen LogP contribution in [0.2, 0.25) is 0 Å². The van der Waals surface area contributed by atoms with Gasteiger partial charge in [-0.2, -0.15) is 0 Å². The standard InChI is InChI=1S/C13H21NO2/c15-13(16)11-8-10-6-7-12(11)14(10)9-4-2-1-3-5-9/h9-12H,1-8H2,(H,15,16). The lowest BCUT2D eigenvalue weighted by atomic mass is 9.89. The van der Waals surface area contributed by atoms with Crippen molar-refractivity contribution in [3.63, 3.8) is 0 Å². The zero-order chi connectivity index (χ0) is 11.1. The maximum Gasteiger partial charge on any atom is 0.308 e. The van der Waals surface area contributed by atoms with E-state index in [4.69, 9.17) is 0 Å². The molecule has 2 heterocycles. The molecule has 0 aromatic rings. The van der Waals surface area contributed by atoms with Crippen molar-refractivity contribution in [3.05, 3.63) is 0 Å². The van der Waals surface area contributed by atoms with Crippen molar-refractivity contribution in [2.45, 2.75) is 69.5 Å². The van der Waals surface area contributed by atoms with Gasteiger partial charge in [0.25, 0.3) is 0 Å². The zero-order valence-corrected chi connectivity index (χ0v) is 9.77. The molecule has 3 fully saturated rings. The number of aliphatic carboxylic acids is 1. The molecule has 3 nitrogen and oxygen atoms in total. The third kappa shape index (κ3) is 1.56. The van der Waals surface area contributed by atoms with E-state index >= 15 is 0 Å². The summed E-state index contributed by atoms with van der Waals surface area (Å²) in [4.78, 5) is 13.8. The predicted octanol–water partition coefficient (Wildman–Crippen LogP) is 2.26. The highest BCUT2D eigenvalue weighted by Crippen LogP contribution is 2.45. The number of nitrogens with zero attached hydrogens (tertiary/aromatic N) is 1. The van der Waals surface area contributed by atoms with Crippen LogP contribution < -0.4 is 0 Å². The van der Waals surface area contributed by atoms with Gasteiger partial charge in [0, 0.05) is 18.1 Å². The van der Waals surface area contributed by atoms with Crippen LogP contribution in [-0.2, 0) is 4.79 Å². The Morgan fingerprint density at radius 1 is 1.00 bits per heavy atom. The molecule has 1 saturated carbocycles. The van der Waals surface area contributed by atoms with Crippen LogP contribution in [0, 0.1) is 5.92 Å². The Labute approximate surface area is 96.8 Å². The first kappa shape index (κ1) is 10.6. The highest BCUT2D eigenvalue weighted by Gasteiger charge is 2.51. The number of fused-ring (bicyclic) bond motifs is 2. The third-order valence-corrected chi connectivity index (χ3v) is 4.90. The molecule has 0 aromatic carbocycles. The zero-order valence-electron chi connectivity index (χ0n) is 9.77. The lowest BCUT2D eigenvalue weighted by molar-refractivity contribution is -0.142. The molecule has 0 aromatic heterocycles. The summed E-state index contributed by atoms with van der Waals surface area (Å²) in [6.07, 6.45) is 9.96. The van der Waals surface area contributed by atoms with E-state index in [2.05, 4.69) is 4.90 Å². The molecule has 90 valence electrons. The molecular formula is C13H21NO2. The lowest BCUT2D eigenvalue weighted by Gasteiger charge is -2.35. The number of hydrogen-bond acceptors (Lipinski definition) is 2. The fourth-order valence-electron chi connectivity index (χ4n) is 4.24.